The van der Waals surface area contributed by atoms with Crippen LogP contribution in [-0.4, -0.2) is 0 Å². The summed E-state index contributed by atoms with van der Waals surface area (Å²) in [7, 11) is 0. The highest BCUT2D eigenvalue weighted by Crippen LogP contribution is 2.47. The van der Waals surface area contributed by atoms with Crippen LogP contribution in [0.2, 0.25) is 0 Å². The van der Waals surface area contributed by atoms with Gasteiger partial charge in [-0.25, -0.2) is 8.78 Å². The fourth-order valence-electron chi connectivity index (χ4n) is 3.44. The lowest BCUT2D eigenvalue weighted by molar-refractivity contribution is 0.112. The minimum absolute atomic E-state index is 0.0460. The van der Waals surface area contributed by atoms with Crippen LogP contribution >= 0.6 is 15.9 Å². The monoisotopic (exact) mass is 359 g/mol. The predicted molar refractivity (Wildman–Crippen MR) is 86.0 cm³/mol. The first-order valence-corrected chi connectivity index (χ1v) is 8.43. The number of hydrogen-bond donors (Lipinski definition) is 1. The standard InChI is InChI=1S/C17H24BrF2N/c1-4-16(2,3)11-7-9-17(21,10-8-11)14-13(19)6-5-12(18)15(14)20/h5-6,11H,4,7-10,21H2,1-3H3. The van der Waals surface area contributed by atoms with Crippen molar-refractivity contribution in [3.05, 3.63) is 33.8 Å². The number of nitrogens with two attached hydrogens (primary N) is 1. The highest BCUT2D eigenvalue weighted by molar-refractivity contribution is 9.10. The average Bonchev–Trinajstić information content (AvgIpc) is 2.43. The molecule has 1 aliphatic rings. The van der Waals surface area contributed by atoms with E-state index in [0.29, 0.717) is 18.8 Å². The summed E-state index contributed by atoms with van der Waals surface area (Å²) < 4.78 is 28.7. The van der Waals surface area contributed by atoms with Crippen molar-refractivity contribution in [1.29, 1.82) is 0 Å². The number of halogens is 3. The van der Waals surface area contributed by atoms with Gasteiger partial charge in [-0.15, -0.1) is 0 Å². The highest BCUT2D eigenvalue weighted by Gasteiger charge is 2.41. The smallest absolute Gasteiger partial charge is 0.145 e. The molecule has 0 radical (unpaired) electrons. The van der Waals surface area contributed by atoms with Crippen LogP contribution in [0, 0.1) is 23.0 Å². The Kier molecular flexibility index (Phi) is 4.79. The minimum Gasteiger partial charge on any atom is -0.321 e. The summed E-state index contributed by atoms with van der Waals surface area (Å²) in [6, 6.07) is 2.68. The van der Waals surface area contributed by atoms with Gasteiger partial charge in [-0.3, -0.25) is 0 Å². The van der Waals surface area contributed by atoms with Crippen molar-refractivity contribution >= 4 is 15.9 Å². The van der Waals surface area contributed by atoms with Crippen LogP contribution in [0.25, 0.3) is 0 Å². The van der Waals surface area contributed by atoms with E-state index >= 15 is 0 Å². The molecule has 0 bridgehead atoms. The van der Waals surface area contributed by atoms with E-state index in [1.165, 1.54) is 12.1 Å². The van der Waals surface area contributed by atoms with Crippen LogP contribution in [0.1, 0.15) is 58.4 Å². The lowest BCUT2D eigenvalue weighted by Crippen LogP contribution is -2.44. The fraction of sp³-hybridized carbons (Fsp3) is 0.647. The highest BCUT2D eigenvalue weighted by atomic mass is 79.9. The normalized spacial score (nSPS) is 26.9. The molecular formula is C17H24BrF2N. The van der Waals surface area contributed by atoms with Gasteiger partial charge in [0, 0.05) is 11.1 Å². The molecule has 2 N–H and O–H groups in total. The molecule has 1 aliphatic carbocycles. The van der Waals surface area contributed by atoms with Crippen molar-refractivity contribution in [3.63, 3.8) is 0 Å². The van der Waals surface area contributed by atoms with Crippen LogP contribution in [0.4, 0.5) is 8.78 Å². The van der Waals surface area contributed by atoms with Crippen molar-refractivity contribution in [2.24, 2.45) is 17.1 Å². The van der Waals surface area contributed by atoms with E-state index in [-0.39, 0.29) is 15.5 Å². The van der Waals surface area contributed by atoms with Crippen molar-refractivity contribution in [2.45, 2.75) is 58.4 Å². The Morgan fingerprint density at radius 2 is 1.86 bits per heavy atom. The third-order valence-electron chi connectivity index (χ3n) is 5.44. The molecule has 0 atom stereocenters. The topological polar surface area (TPSA) is 26.0 Å². The Morgan fingerprint density at radius 3 is 2.38 bits per heavy atom. The molecule has 4 heteroatoms. The van der Waals surface area contributed by atoms with Crippen molar-refractivity contribution in [2.75, 3.05) is 0 Å². The largest absolute Gasteiger partial charge is 0.321 e. The van der Waals surface area contributed by atoms with Crippen molar-refractivity contribution in [3.8, 4) is 0 Å². The molecule has 0 saturated heterocycles. The Morgan fingerprint density at radius 1 is 1.29 bits per heavy atom. The van der Waals surface area contributed by atoms with E-state index in [1.807, 2.05) is 0 Å². The summed E-state index contributed by atoms with van der Waals surface area (Å²) in [5, 5.41) is 0. The third kappa shape index (κ3) is 3.16. The maximum Gasteiger partial charge on any atom is 0.145 e. The van der Waals surface area contributed by atoms with Crippen LogP contribution < -0.4 is 5.73 Å². The lowest BCUT2D eigenvalue weighted by atomic mass is 9.64. The van der Waals surface area contributed by atoms with E-state index in [1.54, 1.807) is 0 Å². The van der Waals surface area contributed by atoms with E-state index in [9.17, 15) is 8.78 Å². The van der Waals surface area contributed by atoms with Crippen LogP contribution in [0.5, 0.6) is 0 Å². The Labute approximate surface area is 134 Å². The molecule has 1 aromatic carbocycles. The van der Waals surface area contributed by atoms with Crippen LogP contribution in [0.15, 0.2) is 16.6 Å². The Bertz CT molecular complexity index is 520. The molecule has 0 aliphatic heterocycles. The van der Waals surface area contributed by atoms with Gasteiger partial charge in [-0.05, 0) is 65.1 Å². The van der Waals surface area contributed by atoms with E-state index in [0.717, 1.165) is 19.3 Å². The molecule has 1 aromatic rings. The van der Waals surface area contributed by atoms with Gasteiger partial charge < -0.3 is 5.73 Å². The van der Waals surface area contributed by atoms with E-state index in [2.05, 4.69) is 36.7 Å². The van der Waals surface area contributed by atoms with Gasteiger partial charge in [0.15, 0.2) is 0 Å². The molecule has 2 rings (SSSR count). The van der Waals surface area contributed by atoms with Gasteiger partial charge in [0.2, 0.25) is 0 Å². The molecule has 1 nitrogen and oxygen atoms in total. The molecule has 0 spiro atoms. The zero-order valence-electron chi connectivity index (χ0n) is 13.0. The molecule has 0 heterocycles. The zero-order valence-corrected chi connectivity index (χ0v) is 14.6. The van der Waals surface area contributed by atoms with Gasteiger partial charge in [0.25, 0.3) is 0 Å². The Balaban J connectivity index is 2.26. The second-order valence-corrected chi connectivity index (χ2v) is 7.85. The number of benzene rings is 1. The molecule has 0 aromatic heterocycles. The summed E-state index contributed by atoms with van der Waals surface area (Å²) >= 11 is 3.13. The predicted octanol–water partition coefficient (Wildman–Crippen LogP) is 5.51. The quantitative estimate of drug-likeness (QED) is 0.707. The summed E-state index contributed by atoms with van der Waals surface area (Å²) in [4.78, 5) is 0. The SMILES string of the molecule is CCC(C)(C)C1CCC(N)(c2c(F)ccc(Br)c2F)CC1. The summed E-state index contributed by atoms with van der Waals surface area (Å²) in [6.07, 6.45) is 4.21. The second kappa shape index (κ2) is 5.96. The fourth-order valence-corrected chi connectivity index (χ4v) is 3.77. The first-order valence-electron chi connectivity index (χ1n) is 7.64. The second-order valence-electron chi connectivity index (χ2n) is 6.99. The van der Waals surface area contributed by atoms with Gasteiger partial charge in [-0.2, -0.15) is 0 Å². The van der Waals surface area contributed by atoms with Crippen LogP contribution in [0.3, 0.4) is 0 Å². The molecule has 1 saturated carbocycles. The van der Waals surface area contributed by atoms with Gasteiger partial charge in [-0.1, -0.05) is 27.2 Å². The molecule has 1 fully saturated rings. The molecule has 0 amide bonds. The zero-order chi connectivity index (χ0) is 15.8. The van der Waals surface area contributed by atoms with Gasteiger partial charge >= 0.3 is 0 Å². The molecule has 21 heavy (non-hydrogen) atoms. The molecule has 0 unspecified atom stereocenters. The van der Waals surface area contributed by atoms with Crippen LogP contribution in [-0.2, 0) is 5.54 Å². The maximum atomic E-state index is 14.3. The Hall–Kier alpha value is -0.480. The van der Waals surface area contributed by atoms with Gasteiger partial charge in [0.05, 0.1) is 4.47 Å². The van der Waals surface area contributed by atoms with E-state index in [4.69, 9.17) is 5.73 Å². The lowest BCUT2D eigenvalue weighted by Gasteiger charge is -2.43. The van der Waals surface area contributed by atoms with Crippen molar-refractivity contribution < 1.29 is 8.78 Å². The minimum atomic E-state index is -0.891. The summed E-state index contributed by atoms with van der Waals surface area (Å²) in [5.41, 5.74) is 5.81. The van der Waals surface area contributed by atoms with Crippen molar-refractivity contribution in [1.82, 2.24) is 0 Å². The number of rotatable bonds is 3. The third-order valence-corrected chi connectivity index (χ3v) is 6.05. The first kappa shape index (κ1) is 16.9. The van der Waals surface area contributed by atoms with Gasteiger partial charge in [0.1, 0.15) is 11.6 Å². The summed E-state index contributed by atoms with van der Waals surface area (Å²) in [5.74, 6) is -0.519. The number of hydrogen-bond acceptors (Lipinski definition) is 1. The summed E-state index contributed by atoms with van der Waals surface area (Å²) in [6.45, 7) is 6.72. The average molecular weight is 360 g/mol. The first-order chi connectivity index (χ1) is 9.71. The van der Waals surface area contributed by atoms with E-state index < -0.39 is 17.2 Å². The molecule has 118 valence electrons. The maximum absolute atomic E-state index is 14.3. The molecular weight excluding hydrogens is 336 g/mol.